The molecule has 1 amide bonds. The number of hydrogen-bond donors (Lipinski definition) is 4. The van der Waals surface area contributed by atoms with Crippen molar-refractivity contribution in [1.82, 2.24) is 9.88 Å². The molecule has 1 aromatic heterocycles. The second kappa shape index (κ2) is 8.10. The highest BCUT2D eigenvalue weighted by Gasteiger charge is 2.25. The van der Waals surface area contributed by atoms with Crippen LogP contribution in [0.4, 0.5) is 5.82 Å². The summed E-state index contributed by atoms with van der Waals surface area (Å²) < 4.78 is 0. The highest BCUT2D eigenvalue weighted by molar-refractivity contribution is 5.87. The Morgan fingerprint density at radius 2 is 2.12 bits per heavy atom. The van der Waals surface area contributed by atoms with Gasteiger partial charge in [0.15, 0.2) is 0 Å². The molecule has 6 heteroatoms. The summed E-state index contributed by atoms with van der Waals surface area (Å²) in [5, 5.41) is 9.62. The number of H-pyrrole nitrogens is 1. The summed E-state index contributed by atoms with van der Waals surface area (Å²) in [6.07, 6.45) is 5.97. The molecule has 1 aliphatic rings. The van der Waals surface area contributed by atoms with Gasteiger partial charge in [-0.25, -0.2) is 0 Å². The number of benzene rings is 1. The number of likely N-dealkylation sites (tertiary alicyclic amines) is 1. The molecule has 132 valence electrons. The maximum atomic E-state index is 10.8. The number of rotatable bonds is 3. The number of phenolic OH excluding ortho intramolecular Hbond substituents is 1. The first-order valence-corrected chi connectivity index (χ1v) is 8.05. The third-order valence-electron chi connectivity index (χ3n) is 4.12. The summed E-state index contributed by atoms with van der Waals surface area (Å²) in [5.41, 5.74) is 13.5. The number of nitrogens with two attached hydrogens (primary N) is 2. The van der Waals surface area contributed by atoms with Crippen LogP contribution in [-0.4, -0.2) is 33.5 Å². The van der Waals surface area contributed by atoms with Gasteiger partial charge < -0.3 is 26.5 Å². The zero-order valence-corrected chi connectivity index (χ0v) is 14.3. The Kier molecular flexibility index (Phi) is 5.89. The fourth-order valence-electron chi connectivity index (χ4n) is 2.44. The van der Waals surface area contributed by atoms with E-state index < -0.39 is 0 Å². The second-order valence-electron chi connectivity index (χ2n) is 5.84. The van der Waals surface area contributed by atoms with E-state index in [9.17, 15) is 9.90 Å². The number of carbonyl (C=O) groups excluding carboxylic acids is 1. The number of para-hydroxylation sites is 1. The van der Waals surface area contributed by atoms with Gasteiger partial charge in [0.1, 0.15) is 11.6 Å². The zero-order chi connectivity index (χ0) is 18.4. The van der Waals surface area contributed by atoms with Gasteiger partial charge in [-0.2, -0.15) is 0 Å². The molecule has 0 spiro atoms. The Bertz CT molecular complexity index is 779. The Hall–Kier alpha value is -3.15. The molecule has 1 aromatic carbocycles. The van der Waals surface area contributed by atoms with Crippen LogP contribution in [0.5, 0.6) is 5.75 Å². The number of aromatic amines is 1. The van der Waals surface area contributed by atoms with Crippen molar-refractivity contribution in [3.05, 3.63) is 60.3 Å². The number of nitrogens with zero attached hydrogens (tertiary/aromatic N) is 1. The molecule has 1 aliphatic heterocycles. The van der Waals surface area contributed by atoms with Crippen molar-refractivity contribution in [3.8, 4) is 5.75 Å². The lowest BCUT2D eigenvalue weighted by Crippen LogP contribution is -2.48. The smallest absolute Gasteiger partial charge is 0.246 e. The van der Waals surface area contributed by atoms with Gasteiger partial charge in [0.05, 0.1) is 0 Å². The maximum Gasteiger partial charge on any atom is 0.246 e. The highest BCUT2D eigenvalue weighted by atomic mass is 16.3. The molecule has 0 aliphatic carbocycles. The topological polar surface area (TPSA) is 108 Å². The largest absolute Gasteiger partial charge is 0.507 e. The van der Waals surface area contributed by atoms with Crippen molar-refractivity contribution >= 4 is 23.5 Å². The number of aromatic hydroxyl groups is 1. The molecule has 6 N–H and O–H groups in total. The number of nitrogens with one attached hydrogen (secondary N) is 1. The number of hydrogen-bond acceptors (Lipinski definition) is 4. The molecule has 1 atom stereocenters. The summed E-state index contributed by atoms with van der Waals surface area (Å²) in [5.74, 6) is 0.775. The summed E-state index contributed by atoms with van der Waals surface area (Å²) in [6.45, 7) is 6.36. The van der Waals surface area contributed by atoms with Gasteiger partial charge in [-0.15, -0.1) is 0 Å². The lowest BCUT2D eigenvalue weighted by molar-refractivity contribution is -0.132. The van der Waals surface area contributed by atoms with Crippen molar-refractivity contribution < 1.29 is 9.90 Å². The summed E-state index contributed by atoms with van der Waals surface area (Å²) in [6, 6.07) is 9.17. The van der Waals surface area contributed by atoms with E-state index in [-0.39, 0.29) is 11.7 Å². The molecule has 2 heterocycles. The highest BCUT2D eigenvalue weighted by Crippen LogP contribution is 2.24. The van der Waals surface area contributed by atoms with Crippen LogP contribution < -0.4 is 11.5 Å². The molecule has 25 heavy (non-hydrogen) atoms. The fourth-order valence-corrected chi connectivity index (χ4v) is 2.44. The van der Waals surface area contributed by atoms with Crippen molar-refractivity contribution in [3.63, 3.8) is 0 Å². The van der Waals surface area contributed by atoms with Crippen LogP contribution in [0.2, 0.25) is 0 Å². The number of nitrogen functional groups attached to an aromatic ring is 1. The van der Waals surface area contributed by atoms with Crippen LogP contribution in [0.3, 0.4) is 0 Å². The van der Waals surface area contributed by atoms with Gasteiger partial charge in [0.25, 0.3) is 0 Å². The number of anilines is 1. The van der Waals surface area contributed by atoms with E-state index in [1.165, 1.54) is 6.08 Å². The van der Waals surface area contributed by atoms with Crippen LogP contribution in [0.15, 0.2) is 49.2 Å². The standard InChI is InChI=1S/C12H13N3O.C7H11NO/c13-10(7-8-5-6-15-12(8)14)9-3-1-2-4-11(9)16;1-3-7(9)8-5-4-6(8)2/h1-7,15-16H,13-14H2;3,6H,1,4-5H2,2H3/b10-7-;/t;6-/m.0/s1. The van der Waals surface area contributed by atoms with Gasteiger partial charge in [-0.05, 0) is 43.7 Å². The molecule has 2 aromatic rings. The average molecular weight is 340 g/mol. The van der Waals surface area contributed by atoms with Gasteiger partial charge >= 0.3 is 0 Å². The number of aromatic nitrogens is 1. The summed E-state index contributed by atoms with van der Waals surface area (Å²) in [4.78, 5) is 15.5. The quantitative estimate of drug-likeness (QED) is 0.644. The molecule has 0 bridgehead atoms. The first kappa shape index (κ1) is 18.2. The Morgan fingerprint density at radius 1 is 1.40 bits per heavy atom. The van der Waals surface area contributed by atoms with Crippen LogP contribution >= 0.6 is 0 Å². The molecular weight excluding hydrogens is 316 g/mol. The monoisotopic (exact) mass is 340 g/mol. The molecular formula is C19H24N4O2. The number of amides is 1. The van der Waals surface area contributed by atoms with E-state index in [0.717, 1.165) is 18.5 Å². The van der Waals surface area contributed by atoms with Crippen LogP contribution in [-0.2, 0) is 4.79 Å². The first-order chi connectivity index (χ1) is 11.9. The minimum absolute atomic E-state index is 0.0637. The molecule has 6 nitrogen and oxygen atoms in total. The fraction of sp³-hybridized carbons (Fsp3) is 0.211. The van der Waals surface area contributed by atoms with E-state index >= 15 is 0 Å². The third kappa shape index (κ3) is 4.44. The van der Waals surface area contributed by atoms with E-state index in [0.29, 0.717) is 23.1 Å². The van der Waals surface area contributed by atoms with Gasteiger partial charge in [-0.3, -0.25) is 4.79 Å². The van der Waals surface area contributed by atoms with Gasteiger partial charge in [0, 0.05) is 35.6 Å². The lowest BCUT2D eigenvalue weighted by Gasteiger charge is -2.37. The number of phenols is 1. The molecule has 1 fully saturated rings. The van der Waals surface area contributed by atoms with Crippen molar-refractivity contribution in [2.24, 2.45) is 5.73 Å². The predicted octanol–water partition coefficient (Wildman–Crippen LogP) is 2.55. The predicted molar refractivity (Wildman–Crippen MR) is 101 cm³/mol. The zero-order valence-electron chi connectivity index (χ0n) is 14.3. The van der Waals surface area contributed by atoms with Crippen molar-refractivity contribution in [1.29, 1.82) is 0 Å². The van der Waals surface area contributed by atoms with Crippen LogP contribution in [0, 0.1) is 0 Å². The summed E-state index contributed by atoms with van der Waals surface area (Å²) in [7, 11) is 0. The molecule has 1 saturated heterocycles. The van der Waals surface area contributed by atoms with Crippen molar-refractivity contribution in [2.75, 3.05) is 12.3 Å². The van der Waals surface area contributed by atoms with Crippen molar-refractivity contribution in [2.45, 2.75) is 19.4 Å². The minimum atomic E-state index is 0.0637. The van der Waals surface area contributed by atoms with E-state index in [2.05, 4.69) is 11.6 Å². The molecule has 3 rings (SSSR count). The van der Waals surface area contributed by atoms with E-state index in [1.54, 1.807) is 30.5 Å². The minimum Gasteiger partial charge on any atom is -0.507 e. The Labute approximate surface area is 147 Å². The molecule has 0 unspecified atom stereocenters. The van der Waals surface area contributed by atoms with Gasteiger partial charge in [-0.1, -0.05) is 18.7 Å². The normalized spacial score (nSPS) is 16.4. The van der Waals surface area contributed by atoms with Crippen LogP contribution in [0.25, 0.3) is 11.8 Å². The molecule has 0 saturated carbocycles. The van der Waals surface area contributed by atoms with E-state index in [4.69, 9.17) is 11.5 Å². The Balaban J connectivity index is 0.000000212. The van der Waals surface area contributed by atoms with Gasteiger partial charge in [0.2, 0.25) is 5.91 Å². The number of carbonyl (C=O) groups is 1. The second-order valence-corrected chi connectivity index (χ2v) is 5.84. The maximum absolute atomic E-state index is 10.8. The average Bonchev–Trinajstić information content (AvgIpc) is 2.99. The third-order valence-corrected chi connectivity index (χ3v) is 4.12. The lowest BCUT2D eigenvalue weighted by atomic mass is 10.1. The first-order valence-electron chi connectivity index (χ1n) is 8.05. The Morgan fingerprint density at radius 3 is 2.56 bits per heavy atom. The summed E-state index contributed by atoms with van der Waals surface area (Å²) >= 11 is 0. The molecule has 0 radical (unpaired) electrons. The van der Waals surface area contributed by atoms with E-state index in [1.807, 2.05) is 24.0 Å². The SMILES string of the molecule is C=CC(=O)N1CC[C@@H]1C.N/C(=C\c1cc[nH]c1N)c1ccccc1O. The van der Waals surface area contributed by atoms with Crippen LogP contribution in [0.1, 0.15) is 24.5 Å².